The minimum atomic E-state index is -0.0456. The largest absolute Gasteiger partial charge is 0.316 e. The van der Waals surface area contributed by atoms with Crippen LogP contribution in [0.1, 0.15) is 33.1 Å². The van der Waals surface area contributed by atoms with E-state index < -0.39 is 0 Å². The topological polar surface area (TPSA) is 29.1 Å². The summed E-state index contributed by atoms with van der Waals surface area (Å²) in [6.07, 6.45) is 2.75. The average Bonchev–Trinajstić information content (AvgIpc) is 2.38. The Morgan fingerprint density at radius 1 is 1.64 bits per heavy atom. The van der Waals surface area contributed by atoms with Crippen molar-refractivity contribution in [3.63, 3.8) is 0 Å². The van der Waals surface area contributed by atoms with E-state index in [0.717, 1.165) is 32.4 Å². The van der Waals surface area contributed by atoms with Gasteiger partial charge in [-0.05, 0) is 19.4 Å². The minimum absolute atomic E-state index is 0.0456. The molecule has 0 aromatic carbocycles. The number of hydrogen-bond donors (Lipinski definition) is 1. The molecule has 0 amide bonds. The Morgan fingerprint density at radius 2 is 2.36 bits per heavy atom. The number of nitrogens with one attached hydrogen (secondary N) is 1. The highest BCUT2D eigenvalue weighted by Gasteiger charge is 2.34. The summed E-state index contributed by atoms with van der Waals surface area (Å²) >= 11 is 0. The standard InChI is InChI=1S/C9H17NO/c1-3-4-8(11)9(2)5-6-10-7-9/h10H,3-7H2,1-2H3. The van der Waals surface area contributed by atoms with Crippen LogP contribution < -0.4 is 5.32 Å². The summed E-state index contributed by atoms with van der Waals surface area (Å²) in [5.41, 5.74) is -0.0456. The van der Waals surface area contributed by atoms with E-state index in [-0.39, 0.29) is 5.41 Å². The highest BCUT2D eigenvalue weighted by Crippen LogP contribution is 2.27. The van der Waals surface area contributed by atoms with Crippen LogP contribution in [0.3, 0.4) is 0 Å². The quantitative estimate of drug-likeness (QED) is 0.666. The zero-order valence-electron chi connectivity index (χ0n) is 7.44. The molecule has 0 aliphatic carbocycles. The maximum atomic E-state index is 11.5. The summed E-state index contributed by atoms with van der Waals surface area (Å²) in [4.78, 5) is 11.5. The van der Waals surface area contributed by atoms with Crippen LogP contribution in [0, 0.1) is 5.41 Å². The van der Waals surface area contributed by atoms with Crippen molar-refractivity contribution in [1.29, 1.82) is 0 Å². The van der Waals surface area contributed by atoms with E-state index in [1.807, 2.05) is 0 Å². The van der Waals surface area contributed by atoms with Crippen molar-refractivity contribution in [3.8, 4) is 0 Å². The molecule has 2 heteroatoms. The third-order valence-corrected chi connectivity index (χ3v) is 2.52. The van der Waals surface area contributed by atoms with Gasteiger partial charge in [0.25, 0.3) is 0 Å². The highest BCUT2D eigenvalue weighted by atomic mass is 16.1. The molecule has 1 aliphatic rings. The van der Waals surface area contributed by atoms with Gasteiger partial charge in [0, 0.05) is 18.4 Å². The van der Waals surface area contributed by atoms with Crippen molar-refractivity contribution in [2.75, 3.05) is 13.1 Å². The molecule has 0 bridgehead atoms. The van der Waals surface area contributed by atoms with Crippen LogP contribution in [0.25, 0.3) is 0 Å². The van der Waals surface area contributed by atoms with E-state index in [0.29, 0.717) is 5.78 Å². The SMILES string of the molecule is CCCC(=O)C1(C)CCNC1. The Hall–Kier alpha value is -0.370. The minimum Gasteiger partial charge on any atom is -0.316 e. The molecule has 1 aliphatic heterocycles. The Kier molecular flexibility index (Phi) is 2.66. The Bertz CT molecular complexity index is 148. The summed E-state index contributed by atoms with van der Waals surface area (Å²) in [5, 5.41) is 3.23. The van der Waals surface area contributed by atoms with Gasteiger partial charge in [-0.1, -0.05) is 13.8 Å². The van der Waals surface area contributed by atoms with Gasteiger partial charge in [0.1, 0.15) is 5.78 Å². The average molecular weight is 155 g/mol. The maximum Gasteiger partial charge on any atom is 0.140 e. The van der Waals surface area contributed by atoms with Gasteiger partial charge in [-0.25, -0.2) is 0 Å². The first-order valence-corrected chi connectivity index (χ1v) is 4.43. The number of ketones is 1. The third-order valence-electron chi connectivity index (χ3n) is 2.52. The lowest BCUT2D eigenvalue weighted by atomic mass is 9.83. The molecule has 64 valence electrons. The fourth-order valence-electron chi connectivity index (χ4n) is 1.58. The van der Waals surface area contributed by atoms with Crippen LogP contribution in [0.2, 0.25) is 0 Å². The van der Waals surface area contributed by atoms with Crippen molar-refractivity contribution in [1.82, 2.24) is 5.32 Å². The molecule has 0 aromatic heterocycles. The zero-order chi connectivity index (χ0) is 8.32. The van der Waals surface area contributed by atoms with Crippen molar-refractivity contribution >= 4 is 5.78 Å². The number of carbonyl (C=O) groups is 1. The molecular weight excluding hydrogens is 138 g/mol. The van der Waals surface area contributed by atoms with Crippen molar-refractivity contribution in [2.24, 2.45) is 5.41 Å². The van der Waals surface area contributed by atoms with Crippen LogP contribution in [0.5, 0.6) is 0 Å². The van der Waals surface area contributed by atoms with E-state index in [4.69, 9.17) is 0 Å². The van der Waals surface area contributed by atoms with Crippen molar-refractivity contribution in [2.45, 2.75) is 33.1 Å². The van der Waals surface area contributed by atoms with Crippen LogP contribution in [0.4, 0.5) is 0 Å². The predicted molar refractivity (Wildman–Crippen MR) is 45.5 cm³/mol. The van der Waals surface area contributed by atoms with Gasteiger partial charge in [0.05, 0.1) is 0 Å². The summed E-state index contributed by atoms with van der Waals surface area (Å²) in [5.74, 6) is 0.435. The molecule has 11 heavy (non-hydrogen) atoms. The highest BCUT2D eigenvalue weighted by molar-refractivity contribution is 5.84. The number of Topliss-reactive ketones (excluding diaryl/α,β-unsaturated/α-hetero) is 1. The Morgan fingerprint density at radius 3 is 2.82 bits per heavy atom. The second kappa shape index (κ2) is 3.35. The second-order valence-corrected chi connectivity index (χ2v) is 3.66. The molecular formula is C9H17NO. The van der Waals surface area contributed by atoms with Gasteiger partial charge in [-0.2, -0.15) is 0 Å². The molecule has 0 aromatic rings. The summed E-state index contributed by atoms with van der Waals surface area (Å²) < 4.78 is 0. The summed E-state index contributed by atoms with van der Waals surface area (Å²) in [6, 6.07) is 0. The Labute approximate surface area is 68.4 Å². The molecule has 1 unspecified atom stereocenters. The molecule has 1 heterocycles. The van der Waals surface area contributed by atoms with Gasteiger partial charge >= 0.3 is 0 Å². The van der Waals surface area contributed by atoms with E-state index in [1.54, 1.807) is 0 Å². The first-order valence-electron chi connectivity index (χ1n) is 4.43. The molecule has 0 radical (unpaired) electrons. The lowest BCUT2D eigenvalue weighted by Gasteiger charge is -2.19. The fourth-order valence-corrected chi connectivity index (χ4v) is 1.58. The van der Waals surface area contributed by atoms with E-state index in [9.17, 15) is 4.79 Å². The predicted octanol–water partition coefficient (Wildman–Crippen LogP) is 1.36. The smallest absolute Gasteiger partial charge is 0.140 e. The molecule has 1 rings (SSSR count). The third kappa shape index (κ3) is 1.80. The Balaban J connectivity index is 2.49. The number of hydrogen-bond acceptors (Lipinski definition) is 2. The summed E-state index contributed by atoms with van der Waals surface area (Å²) in [6.45, 7) is 6.02. The number of carbonyl (C=O) groups excluding carboxylic acids is 1. The first-order chi connectivity index (χ1) is 5.19. The van der Waals surface area contributed by atoms with Crippen molar-refractivity contribution < 1.29 is 4.79 Å². The van der Waals surface area contributed by atoms with Gasteiger partial charge in [0.2, 0.25) is 0 Å². The molecule has 1 N–H and O–H groups in total. The zero-order valence-corrected chi connectivity index (χ0v) is 7.44. The molecule has 0 saturated carbocycles. The summed E-state index contributed by atoms with van der Waals surface area (Å²) in [7, 11) is 0. The van der Waals surface area contributed by atoms with Gasteiger partial charge < -0.3 is 5.32 Å². The second-order valence-electron chi connectivity index (χ2n) is 3.66. The fraction of sp³-hybridized carbons (Fsp3) is 0.889. The monoisotopic (exact) mass is 155 g/mol. The van der Waals surface area contributed by atoms with Crippen LogP contribution in [0.15, 0.2) is 0 Å². The van der Waals surface area contributed by atoms with Crippen LogP contribution >= 0.6 is 0 Å². The van der Waals surface area contributed by atoms with Crippen LogP contribution in [-0.2, 0) is 4.79 Å². The van der Waals surface area contributed by atoms with Crippen LogP contribution in [-0.4, -0.2) is 18.9 Å². The molecule has 1 fully saturated rings. The van der Waals surface area contributed by atoms with E-state index >= 15 is 0 Å². The molecule has 1 saturated heterocycles. The lowest BCUT2D eigenvalue weighted by Crippen LogP contribution is -2.29. The van der Waals surface area contributed by atoms with E-state index in [1.165, 1.54) is 0 Å². The van der Waals surface area contributed by atoms with Crippen molar-refractivity contribution in [3.05, 3.63) is 0 Å². The number of rotatable bonds is 3. The van der Waals surface area contributed by atoms with E-state index in [2.05, 4.69) is 19.2 Å². The first kappa shape index (κ1) is 8.72. The van der Waals surface area contributed by atoms with Gasteiger partial charge in [-0.3, -0.25) is 4.79 Å². The maximum absolute atomic E-state index is 11.5. The van der Waals surface area contributed by atoms with Gasteiger partial charge in [0.15, 0.2) is 0 Å². The molecule has 2 nitrogen and oxygen atoms in total. The normalized spacial score (nSPS) is 30.7. The molecule has 1 atom stereocenters. The molecule has 0 spiro atoms. The van der Waals surface area contributed by atoms with Gasteiger partial charge in [-0.15, -0.1) is 0 Å². The lowest BCUT2D eigenvalue weighted by molar-refractivity contribution is -0.127.